The van der Waals surface area contributed by atoms with Crippen LogP contribution in [0, 0.1) is 6.92 Å². The van der Waals surface area contributed by atoms with Crippen LogP contribution in [0.4, 0.5) is 9.93 Å². The first-order valence-corrected chi connectivity index (χ1v) is 10.2. The lowest BCUT2D eigenvalue weighted by Crippen LogP contribution is -2.44. The van der Waals surface area contributed by atoms with Crippen molar-refractivity contribution in [3.05, 3.63) is 29.7 Å². The Hall–Kier alpha value is -2.06. The molecular weight excluding hydrogens is 378 g/mol. The summed E-state index contributed by atoms with van der Waals surface area (Å²) in [6.45, 7) is 9.02. The van der Waals surface area contributed by atoms with Crippen LogP contribution in [0.1, 0.15) is 45.0 Å². The second kappa shape index (κ2) is 7.52. The van der Waals surface area contributed by atoms with E-state index in [1.165, 1.54) is 11.3 Å². The molecule has 0 bridgehead atoms. The molecule has 144 valence electrons. The third-order valence-electron chi connectivity index (χ3n) is 4.64. The molecule has 3 N–H and O–H groups in total. The zero-order valence-corrected chi connectivity index (χ0v) is 17.7. The number of aryl methyl sites for hydroxylation is 1. The van der Waals surface area contributed by atoms with Gasteiger partial charge in [-0.15, -0.1) is 0 Å². The molecule has 27 heavy (non-hydrogen) atoms. The molecule has 8 heteroatoms. The van der Waals surface area contributed by atoms with Gasteiger partial charge >= 0.3 is 6.03 Å². The van der Waals surface area contributed by atoms with Crippen LogP contribution in [-0.2, 0) is 5.41 Å². The molecule has 0 unspecified atom stereocenters. The fourth-order valence-corrected chi connectivity index (χ4v) is 4.37. The molecule has 0 aliphatic carbocycles. The first kappa shape index (κ1) is 19.7. The molecule has 1 aliphatic rings. The van der Waals surface area contributed by atoms with Crippen molar-refractivity contribution < 1.29 is 4.79 Å². The number of thiazole rings is 1. The molecular formula is C19H25N5OS2. The molecule has 3 rings (SSSR count). The first-order valence-electron chi connectivity index (χ1n) is 8.98. The Balaban J connectivity index is 1.81. The summed E-state index contributed by atoms with van der Waals surface area (Å²) in [6, 6.07) is 3.70. The van der Waals surface area contributed by atoms with Crippen molar-refractivity contribution in [2.75, 3.05) is 11.9 Å². The molecule has 2 aromatic heterocycles. The third kappa shape index (κ3) is 4.27. The first-order chi connectivity index (χ1) is 12.7. The minimum Gasteiger partial charge on any atom is -0.392 e. The summed E-state index contributed by atoms with van der Waals surface area (Å²) in [5.41, 5.74) is 8.70. The van der Waals surface area contributed by atoms with Crippen LogP contribution in [0.3, 0.4) is 0 Å². The quantitative estimate of drug-likeness (QED) is 0.754. The Bertz CT molecular complexity index is 871. The van der Waals surface area contributed by atoms with Gasteiger partial charge in [-0.05, 0) is 37.5 Å². The number of nitrogens with two attached hydrogens (primary N) is 1. The topological polar surface area (TPSA) is 84.1 Å². The average molecular weight is 404 g/mol. The van der Waals surface area contributed by atoms with Crippen LogP contribution >= 0.6 is 23.6 Å². The Morgan fingerprint density at radius 1 is 1.44 bits per heavy atom. The van der Waals surface area contributed by atoms with E-state index in [9.17, 15) is 4.79 Å². The maximum atomic E-state index is 12.6. The van der Waals surface area contributed by atoms with Gasteiger partial charge in [-0.1, -0.05) is 44.3 Å². The highest BCUT2D eigenvalue weighted by atomic mass is 32.1. The number of nitrogens with one attached hydrogen (secondary N) is 1. The molecule has 2 amide bonds. The molecule has 0 radical (unpaired) electrons. The normalized spacial score (nSPS) is 17.2. The fourth-order valence-electron chi connectivity index (χ4n) is 3.17. The highest BCUT2D eigenvalue weighted by molar-refractivity contribution is 7.80. The lowest BCUT2D eigenvalue weighted by atomic mass is 9.90. The lowest BCUT2D eigenvalue weighted by Gasteiger charge is -2.23. The minimum absolute atomic E-state index is 0.0307. The second-order valence-electron chi connectivity index (χ2n) is 7.80. The van der Waals surface area contributed by atoms with E-state index >= 15 is 0 Å². The number of thiocarbonyl (C=S) groups is 1. The van der Waals surface area contributed by atoms with Crippen molar-refractivity contribution in [3.8, 4) is 10.4 Å². The van der Waals surface area contributed by atoms with Gasteiger partial charge < -0.3 is 10.6 Å². The highest BCUT2D eigenvalue weighted by Crippen LogP contribution is 2.34. The molecule has 1 fully saturated rings. The van der Waals surface area contributed by atoms with Gasteiger partial charge in [-0.3, -0.25) is 10.3 Å². The van der Waals surface area contributed by atoms with Crippen molar-refractivity contribution in [1.82, 2.24) is 14.9 Å². The number of amides is 2. The van der Waals surface area contributed by atoms with Crippen LogP contribution < -0.4 is 11.1 Å². The standard InChI is InChI=1S/C19H25N5OS2/c1-11-15(12-7-8-21-14(10-12)19(2,3)4)27-17(22-11)23-18(25)24-9-5-6-13(24)16(20)26/h7-8,10,13H,5-6,9H2,1-4H3,(H2,20,26)(H,22,23,25)/t13-/m0/s1. The maximum absolute atomic E-state index is 12.6. The monoisotopic (exact) mass is 403 g/mol. The summed E-state index contributed by atoms with van der Waals surface area (Å²) in [6.07, 6.45) is 3.55. The van der Waals surface area contributed by atoms with Gasteiger partial charge in [0.2, 0.25) is 0 Å². The number of anilines is 1. The van der Waals surface area contributed by atoms with Crippen molar-refractivity contribution in [1.29, 1.82) is 0 Å². The zero-order chi connectivity index (χ0) is 19.8. The molecule has 2 aromatic rings. The molecule has 3 heterocycles. The summed E-state index contributed by atoms with van der Waals surface area (Å²) in [4.78, 5) is 24.7. The van der Waals surface area contributed by atoms with Gasteiger partial charge in [-0.25, -0.2) is 9.78 Å². The van der Waals surface area contributed by atoms with E-state index in [-0.39, 0.29) is 17.5 Å². The second-order valence-corrected chi connectivity index (χ2v) is 9.27. The van der Waals surface area contributed by atoms with E-state index < -0.39 is 0 Å². The predicted molar refractivity (Wildman–Crippen MR) is 114 cm³/mol. The molecule has 0 saturated carbocycles. The van der Waals surface area contributed by atoms with Gasteiger partial charge in [0.25, 0.3) is 0 Å². The SMILES string of the molecule is Cc1nc(NC(=O)N2CCC[C@H]2C(N)=S)sc1-c1ccnc(C(C)(C)C)c1. The number of likely N-dealkylation sites (tertiary alicyclic amines) is 1. The van der Waals surface area contributed by atoms with E-state index in [1.807, 2.05) is 19.2 Å². The number of aromatic nitrogens is 2. The number of nitrogens with zero attached hydrogens (tertiary/aromatic N) is 3. The number of hydrogen-bond donors (Lipinski definition) is 2. The van der Waals surface area contributed by atoms with E-state index in [2.05, 4.69) is 42.1 Å². The molecule has 6 nitrogen and oxygen atoms in total. The summed E-state index contributed by atoms with van der Waals surface area (Å²) in [7, 11) is 0. The van der Waals surface area contributed by atoms with Crippen molar-refractivity contribution in [2.45, 2.75) is 52.0 Å². The Morgan fingerprint density at radius 2 is 2.19 bits per heavy atom. The van der Waals surface area contributed by atoms with Crippen molar-refractivity contribution in [2.24, 2.45) is 5.73 Å². The number of rotatable bonds is 3. The number of urea groups is 1. The largest absolute Gasteiger partial charge is 0.392 e. The number of carbonyl (C=O) groups excluding carboxylic acids is 1. The molecule has 0 spiro atoms. The molecule has 0 aromatic carbocycles. The van der Waals surface area contributed by atoms with Gasteiger partial charge in [0, 0.05) is 23.9 Å². The van der Waals surface area contributed by atoms with Crippen LogP contribution in [0.2, 0.25) is 0 Å². The van der Waals surface area contributed by atoms with Crippen LogP contribution in [0.15, 0.2) is 18.3 Å². The van der Waals surface area contributed by atoms with Crippen molar-refractivity contribution in [3.63, 3.8) is 0 Å². The summed E-state index contributed by atoms with van der Waals surface area (Å²) >= 11 is 6.55. The molecule has 1 aliphatic heterocycles. The molecule has 1 atom stereocenters. The zero-order valence-electron chi connectivity index (χ0n) is 16.1. The lowest BCUT2D eigenvalue weighted by molar-refractivity contribution is 0.217. The van der Waals surface area contributed by atoms with Crippen molar-refractivity contribution >= 4 is 39.7 Å². The fraction of sp³-hybridized carbons (Fsp3) is 0.474. The smallest absolute Gasteiger partial charge is 0.324 e. The Morgan fingerprint density at radius 3 is 2.85 bits per heavy atom. The van der Waals surface area contributed by atoms with E-state index in [0.717, 1.165) is 34.7 Å². The van der Waals surface area contributed by atoms with Gasteiger partial charge in [0.05, 0.1) is 21.6 Å². The van der Waals surface area contributed by atoms with E-state index in [0.29, 0.717) is 16.7 Å². The Labute approximate surface area is 169 Å². The summed E-state index contributed by atoms with van der Waals surface area (Å²) in [5.74, 6) is 0. The number of carbonyl (C=O) groups is 1. The average Bonchev–Trinajstić information content (AvgIpc) is 3.21. The minimum atomic E-state index is -0.198. The summed E-state index contributed by atoms with van der Waals surface area (Å²) < 4.78 is 0. The number of hydrogen-bond acceptors (Lipinski definition) is 5. The highest BCUT2D eigenvalue weighted by Gasteiger charge is 2.31. The van der Waals surface area contributed by atoms with Gasteiger partial charge in [0.1, 0.15) is 0 Å². The predicted octanol–water partition coefficient (Wildman–Crippen LogP) is 4.09. The maximum Gasteiger partial charge on any atom is 0.324 e. The van der Waals surface area contributed by atoms with Crippen LogP contribution in [0.5, 0.6) is 0 Å². The summed E-state index contributed by atoms with van der Waals surface area (Å²) in [5, 5.41) is 3.49. The van der Waals surface area contributed by atoms with E-state index in [4.69, 9.17) is 18.0 Å². The molecule has 1 saturated heterocycles. The van der Waals surface area contributed by atoms with Crippen LogP contribution in [-0.4, -0.2) is 38.5 Å². The third-order valence-corrected chi connectivity index (χ3v) is 6.04. The van der Waals surface area contributed by atoms with Gasteiger partial charge in [0.15, 0.2) is 5.13 Å². The Kier molecular flexibility index (Phi) is 5.48. The van der Waals surface area contributed by atoms with Crippen LogP contribution in [0.25, 0.3) is 10.4 Å². The number of pyridine rings is 1. The van der Waals surface area contributed by atoms with E-state index in [1.54, 1.807) is 4.90 Å². The van der Waals surface area contributed by atoms with Gasteiger partial charge in [-0.2, -0.15) is 0 Å².